The molecule has 2 aliphatic rings. The molecule has 0 atom stereocenters. The number of rotatable bonds is 7. The molecule has 2 aromatic heterocycles. The normalized spacial score (nSPS) is 13.9. The van der Waals surface area contributed by atoms with E-state index in [0.29, 0.717) is 11.5 Å². The van der Waals surface area contributed by atoms with Gasteiger partial charge in [-0.05, 0) is 68.8 Å². The first-order chi connectivity index (χ1) is 29.1. The number of hydrogen-bond acceptors (Lipinski definition) is 4. The molecular formula is C55H43N4OPt-3. The topological polar surface area (TPSA) is 33.5 Å². The summed E-state index contributed by atoms with van der Waals surface area (Å²) in [5.41, 5.74) is 14.4. The van der Waals surface area contributed by atoms with Crippen LogP contribution in [0, 0.1) is 18.8 Å². The van der Waals surface area contributed by atoms with Gasteiger partial charge in [0.1, 0.15) is 5.82 Å². The van der Waals surface area contributed by atoms with E-state index in [1.807, 2.05) is 18.3 Å². The van der Waals surface area contributed by atoms with Crippen LogP contribution in [0.5, 0.6) is 11.5 Å². The van der Waals surface area contributed by atoms with E-state index in [4.69, 9.17) is 9.72 Å². The number of ether oxygens (including phenoxy) is 1. The van der Waals surface area contributed by atoms with E-state index in [1.54, 1.807) is 0 Å². The van der Waals surface area contributed by atoms with Crippen molar-refractivity contribution in [2.45, 2.75) is 45.4 Å². The molecule has 1 aliphatic heterocycles. The first-order valence-corrected chi connectivity index (χ1v) is 20.6. The summed E-state index contributed by atoms with van der Waals surface area (Å²) in [6, 6.07) is 63.0. The van der Waals surface area contributed by atoms with E-state index < -0.39 is 0 Å². The first-order valence-electron chi connectivity index (χ1n) is 20.6. The monoisotopic (exact) mass is 970 g/mol. The summed E-state index contributed by atoms with van der Waals surface area (Å²) in [5.74, 6) is 2.13. The fourth-order valence-corrected chi connectivity index (χ4v) is 9.28. The smallest absolute Gasteiger partial charge is 0.135 e. The molecule has 0 amide bonds. The van der Waals surface area contributed by atoms with E-state index in [2.05, 4.69) is 213 Å². The van der Waals surface area contributed by atoms with Crippen LogP contribution in [-0.2, 0) is 31.9 Å². The number of aromatic nitrogens is 2. The molecule has 3 heterocycles. The maximum Gasteiger partial charge on any atom is 0.135 e. The molecule has 1 aliphatic carbocycles. The van der Waals surface area contributed by atoms with Crippen molar-refractivity contribution in [3.05, 3.63) is 199 Å². The minimum atomic E-state index is -0.215. The first kappa shape index (κ1) is 38.8. The Hall–Kier alpha value is -6.42. The van der Waals surface area contributed by atoms with E-state index >= 15 is 0 Å². The number of fused-ring (bicyclic) bond motifs is 1. The molecule has 0 spiro atoms. The van der Waals surface area contributed by atoms with Crippen molar-refractivity contribution < 1.29 is 25.8 Å². The Labute approximate surface area is 372 Å². The molecule has 0 saturated heterocycles. The molecule has 61 heavy (non-hydrogen) atoms. The Morgan fingerprint density at radius 3 is 1.93 bits per heavy atom. The fraction of sp³-hybridized carbons (Fsp3) is 0.127. The van der Waals surface area contributed by atoms with Crippen LogP contribution < -0.4 is 14.5 Å². The largest absolute Gasteiger partial charge is 0.509 e. The predicted octanol–water partition coefficient (Wildman–Crippen LogP) is 14.2. The van der Waals surface area contributed by atoms with Gasteiger partial charge in [0.25, 0.3) is 0 Å². The minimum absolute atomic E-state index is 0. The van der Waals surface area contributed by atoms with Gasteiger partial charge in [-0.15, -0.1) is 48.3 Å². The Balaban J connectivity index is 0.00000445. The summed E-state index contributed by atoms with van der Waals surface area (Å²) >= 11 is 0. The molecule has 11 rings (SSSR count). The van der Waals surface area contributed by atoms with Gasteiger partial charge in [-0.25, -0.2) is 4.98 Å². The van der Waals surface area contributed by atoms with Gasteiger partial charge in [0.2, 0.25) is 0 Å². The average molecular weight is 971 g/mol. The van der Waals surface area contributed by atoms with Crippen LogP contribution in [-0.4, -0.2) is 9.55 Å². The maximum absolute atomic E-state index is 6.83. The van der Waals surface area contributed by atoms with E-state index in [0.717, 1.165) is 61.9 Å². The van der Waals surface area contributed by atoms with E-state index in [9.17, 15) is 0 Å². The zero-order chi connectivity index (χ0) is 40.8. The van der Waals surface area contributed by atoms with Gasteiger partial charge in [0, 0.05) is 72.5 Å². The van der Waals surface area contributed by atoms with Crippen LogP contribution in [0.25, 0.3) is 49.9 Å². The van der Waals surface area contributed by atoms with Crippen molar-refractivity contribution >= 4 is 44.6 Å². The van der Waals surface area contributed by atoms with Crippen LogP contribution in [0.2, 0.25) is 0 Å². The summed E-state index contributed by atoms with van der Waals surface area (Å²) in [6.07, 6.45) is 1.92. The standard InChI is InChI=1S/C55H43N4O.Pt/c1-54(2,3)38-29-30-56-50(31-38)59-48-28-16-25-44-51(48)52-45(55(44,4)5)33-41(34-49(52)59)60-40-22-14-21-39(32-40)57-35-58(47-27-13-12-26-46(47)57)53-42(36-17-8-6-9-18-36)23-15-24-43(53)37-19-10-7-11-20-37;/h6-31,33,35H,1-5H3;/q-3;. The van der Waals surface area contributed by atoms with Gasteiger partial charge in [-0.3, -0.25) is 0 Å². The molecule has 9 aromatic rings. The van der Waals surface area contributed by atoms with Crippen LogP contribution in [0.3, 0.4) is 0 Å². The second-order valence-corrected chi connectivity index (χ2v) is 17.4. The molecule has 0 fully saturated rings. The molecule has 7 aromatic carbocycles. The van der Waals surface area contributed by atoms with E-state index in [-0.39, 0.29) is 31.9 Å². The number of hydrogen-bond donors (Lipinski definition) is 0. The molecule has 0 N–H and O–H groups in total. The Morgan fingerprint density at radius 1 is 0.607 bits per heavy atom. The molecule has 0 bridgehead atoms. The Kier molecular flexibility index (Phi) is 9.30. The third-order valence-electron chi connectivity index (χ3n) is 12.3. The number of nitrogens with zero attached hydrogens (tertiary/aromatic N) is 4. The van der Waals surface area contributed by atoms with Gasteiger partial charge in [0.15, 0.2) is 0 Å². The van der Waals surface area contributed by atoms with Crippen molar-refractivity contribution in [2.75, 3.05) is 9.80 Å². The summed E-state index contributed by atoms with van der Waals surface area (Å²) in [7, 11) is 0. The van der Waals surface area contributed by atoms with Crippen molar-refractivity contribution in [2.24, 2.45) is 0 Å². The van der Waals surface area contributed by atoms with Gasteiger partial charge in [0.05, 0.1) is 0 Å². The number of para-hydroxylation sites is 3. The second-order valence-electron chi connectivity index (χ2n) is 17.4. The van der Waals surface area contributed by atoms with Gasteiger partial charge < -0.3 is 19.1 Å². The predicted molar refractivity (Wildman–Crippen MR) is 246 cm³/mol. The summed E-state index contributed by atoms with van der Waals surface area (Å²) in [6.45, 7) is 13.5. The van der Waals surface area contributed by atoms with Crippen molar-refractivity contribution in [3.63, 3.8) is 0 Å². The van der Waals surface area contributed by atoms with Gasteiger partial charge in [-0.2, -0.15) is 6.07 Å². The number of benzene rings is 7. The Morgan fingerprint density at radius 2 is 1.25 bits per heavy atom. The summed E-state index contributed by atoms with van der Waals surface area (Å²) in [4.78, 5) is 9.46. The van der Waals surface area contributed by atoms with Crippen molar-refractivity contribution in [1.29, 1.82) is 0 Å². The van der Waals surface area contributed by atoms with Crippen molar-refractivity contribution in [3.8, 4) is 39.6 Å². The molecule has 6 heteroatoms. The zero-order valence-corrected chi connectivity index (χ0v) is 37.0. The second kappa shape index (κ2) is 14.6. The van der Waals surface area contributed by atoms with Crippen molar-refractivity contribution in [1.82, 2.24) is 9.55 Å². The fourth-order valence-electron chi connectivity index (χ4n) is 9.28. The molecule has 302 valence electrons. The van der Waals surface area contributed by atoms with Gasteiger partial charge in [-0.1, -0.05) is 149 Å². The average Bonchev–Trinajstić information content (AvgIpc) is 3.90. The molecule has 0 radical (unpaired) electrons. The molecular weight excluding hydrogens is 928 g/mol. The molecule has 0 saturated carbocycles. The van der Waals surface area contributed by atoms with Crippen LogP contribution in [0.1, 0.15) is 51.3 Å². The summed E-state index contributed by atoms with van der Waals surface area (Å²) < 4.78 is 9.09. The van der Waals surface area contributed by atoms with E-state index in [1.165, 1.54) is 27.5 Å². The van der Waals surface area contributed by atoms with Crippen LogP contribution in [0.4, 0.5) is 22.7 Å². The Bertz CT molecular complexity index is 3070. The van der Waals surface area contributed by atoms with Crippen LogP contribution in [0.15, 0.2) is 164 Å². The SMILES string of the molecule is CC(C)(C)c1ccnc(-n2c3[c-]c(Oc4[c-]c(N5[CH-]N(c6c(-c7ccccc7)cccc6-c6ccccc6)c6ccccc65)ccc4)cc4c3c3c(cccc32)C4(C)C)c1.[Pt]. The van der Waals surface area contributed by atoms with Crippen LogP contribution >= 0.6 is 0 Å². The minimum Gasteiger partial charge on any atom is -0.509 e. The summed E-state index contributed by atoms with van der Waals surface area (Å²) in [5, 5.41) is 2.48. The van der Waals surface area contributed by atoms with Gasteiger partial charge >= 0.3 is 0 Å². The third kappa shape index (κ3) is 6.29. The zero-order valence-electron chi connectivity index (χ0n) is 34.7. The molecule has 0 unspecified atom stereocenters. The number of anilines is 4. The number of pyridine rings is 1. The maximum atomic E-state index is 6.83. The quantitative estimate of drug-likeness (QED) is 0.149. The molecule has 5 nitrogen and oxygen atoms in total. The third-order valence-corrected chi connectivity index (χ3v) is 12.3.